The van der Waals surface area contributed by atoms with Gasteiger partial charge in [-0.05, 0) is 31.2 Å². The second kappa shape index (κ2) is 8.70. The molecule has 0 aliphatic carbocycles. The number of amides is 3. The van der Waals surface area contributed by atoms with Gasteiger partial charge in [-0.25, -0.2) is 9.69 Å². The Kier molecular flexibility index (Phi) is 6.62. The molecule has 0 radical (unpaired) electrons. The van der Waals surface area contributed by atoms with E-state index in [9.17, 15) is 19.2 Å². The van der Waals surface area contributed by atoms with Gasteiger partial charge in [0.05, 0.1) is 17.5 Å². The van der Waals surface area contributed by atoms with E-state index in [0.717, 1.165) is 16.7 Å². The quantitative estimate of drug-likeness (QED) is 0.648. The van der Waals surface area contributed by atoms with Crippen LogP contribution in [-0.2, 0) is 19.2 Å². The smallest absolute Gasteiger partial charge is 0.327 e. The second-order valence-electron chi connectivity index (χ2n) is 5.61. The fourth-order valence-corrected chi connectivity index (χ4v) is 3.66. The molecule has 2 N–H and O–H groups in total. The Hall–Kier alpha value is -2.55. The number of anilines is 1. The molecular weight excluding hydrogens is 360 g/mol. The van der Waals surface area contributed by atoms with Gasteiger partial charge >= 0.3 is 5.97 Å². The van der Waals surface area contributed by atoms with E-state index in [1.807, 2.05) is 6.92 Å². The van der Waals surface area contributed by atoms with Crippen molar-refractivity contribution in [1.29, 1.82) is 0 Å². The Bertz CT molecular complexity index is 706. The molecule has 1 aliphatic heterocycles. The maximum atomic E-state index is 12.5. The molecule has 1 aliphatic rings. The van der Waals surface area contributed by atoms with Crippen molar-refractivity contribution in [2.24, 2.45) is 0 Å². The molecule has 26 heavy (non-hydrogen) atoms. The first kappa shape index (κ1) is 19.8. The van der Waals surface area contributed by atoms with Crippen molar-refractivity contribution in [3.63, 3.8) is 0 Å². The van der Waals surface area contributed by atoms with Crippen LogP contribution in [0.15, 0.2) is 24.3 Å². The normalized spacial score (nSPS) is 17.9. The number of hydrogen-bond acceptors (Lipinski definition) is 6. The van der Waals surface area contributed by atoms with Gasteiger partial charge in [-0.2, -0.15) is 0 Å². The fraction of sp³-hybridized carbons (Fsp3) is 0.412. The minimum absolute atomic E-state index is 0.00425. The minimum Gasteiger partial charge on any atom is -0.494 e. The van der Waals surface area contributed by atoms with E-state index in [2.05, 4.69) is 5.32 Å². The molecule has 9 heteroatoms. The standard InChI is InChI=1S/C17H20N2O6S/c1-3-25-12-6-4-11(5-7-12)19-15(21)8-14(16(19)22)26-9-13(17(23)24)18-10(2)20/h4-7,13-14H,3,8-9H2,1-2H3,(H,18,20)(H,23,24)/t13-,14-/m1/s1. The zero-order chi connectivity index (χ0) is 19.3. The summed E-state index contributed by atoms with van der Waals surface area (Å²) in [6.45, 7) is 3.59. The van der Waals surface area contributed by atoms with E-state index >= 15 is 0 Å². The summed E-state index contributed by atoms with van der Waals surface area (Å²) in [5.41, 5.74) is 0.447. The monoisotopic (exact) mass is 380 g/mol. The highest BCUT2D eigenvalue weighted by Gasteiger charge is 2.40. The average molecular weight is 380 g/mol. The van der Waals surface area contributed by atoms with E-state index < -0.39 is 29.1 Å². The first-order valence-electron chi connectivity index (χ1n) is 8.04. The van der Waals surface area contributed by atoms with Crippen LogP contribution in [0.1, 0.15) is 20.3 Å². The number of ether oxygens (including phenoxy) is 1. The maximum absolute atomic E-state index is 12.5. The number of imide groups is 1. The van der Waals surface area contributed by atoms with Crippen molar-refractivity contribution in [3.05, 3.63) is 24.3 Å². The van der Waals surface area contributed by atoms with Gasteiger partial charge in [0.25, 0.3) is 0 Å². The van der Waals surface area contributed by atoms with Gasteiger partial charge in [-0.3, -0.25) is 14.4 Å². The molecule has 1 heterocycles. The van der Waals surface area contributed by atoms with Crippen molar-refractivity contribution in [3.8, 4) is 5.75 Å². The maximum Gasteiger partial charge on any atom is 0.327 e. The number of nitrogens with one attached hydrogen (secondary N) is 1. The van der Waals surface area contributed by atoms with Crippen LogP contribution in [0.5, 0.6) is 5.75 Å². The average Bonchev–Trinajstić information content (AvgIpc) is 2.86. The predicted molar refractivity (Wildman–Crippen MR) is 96.2 cm³/mol. The van der Waals surface area contributed by atoms with E-state index in [1.165, 1.54) is 6.92 Å². The molecule has 1 saturated heterocycles. The van der Waals surface area contributed by atoms with Gasteiger partial charge in [-0.1, -0.05) is 0 Å². The van der Waals surface area contributed by atoms with Gasteiger partial charge in [-0.15, -0.1) is 11.8 Å². The van der Waals surface area contributed by atoms with Crippen LogP contribution in [0.2, 0.25) is 0 Å². The summed E-state index contributed by atoms with van der Waals surface area (Å²) in [4.78, 5) is 48.1. The number of carboxylic acid groups (broad SMARTS) is 1. The third-order valence-electron chi connectivity index (χ3n) is 3.65. The van der Waals surface area contributed by atoms with Gasteiger partial charge in [0.1, 0.15) is 11.8 Å². The van der Waals surface area contributed by atoms with Crippen molar-refractivity contribution in [2.75, 3.05) is 17.3 Å². The van der Waals surface area contributed by atoms with Crippen LogP contribution in [0.3, 0.4) is 0 Å². The van der Waals surface area contributed by atoms with Crippen molar-refractivity contribution in [1.82, 2.24) is 5.32 Å². The highest BCUT2D eigenvalue weighted by Crippen LogP contribution is 2.31. The molecule has 1 aromatic carbocycles. The molecule has 8 nitrogen and oxygen atoms in total. The van der Waals surface area contributed by atoms with E-state index in [-0.39, 0.29) is 18.1 Å². The Balaban J connectivity index is 2.03. The van der Waals surface area contributed by atoms with Crippen LogP contribution < -0.4 is 15.0 Å². The Morgan fingerprint density at radius 3 is 2.54 bits per heavy atom. The summed E-state index contributed by atoms with van der Waals surface area (Å²) in [5, 5.41) is 10.7. The first-order valence-corrected chi connectivity index (χ1v) is 9.09. The number of nitrogens with zero attached hydrogens (tertiary/aromatic N) is 1. The lowest BCUT2D eigenvalue weighted by molar-refractivity contribution is -0.140. The molecular formula is C17H20N2O6S. The lowest BCUT2D eigenvalue weighted by atomic mass is 10.3. The molecule has 0 spiro atoms. The van der Waals surface area contributed by atoms with Crippen LogP contribution >= 0.6 is 11.8 Å². The third-order valence-corrected chi connectivity index (χ3v) is 4.95. The van der Waals surface area contributed by atoms with Crippen molar-refractivity contribution in [2.45, 2.75) is 31.6 Å². The molecule has 0 saturated carbocycles. The summed E-state index contributed by atoms with van der Waals surface area (Å²) in [5.74, 6) is -1.76. The molecule has 140 valence electrons. The molecule has 0 bridgehead atoms. The zero-order valence-corrected chi connectivity index (χ0v) is 15.2. The number of carboxylic acids is 1. The Morgan fingerprint density at radius 1 is 1.35 bits per heavy atom. The van der Waals surface area contributed by atoms with Gasteiger partial charge in [0, 0.05) is 19.1 Å². The summed E-state index contributed by atoms with van der Waals surface area (Å²) in [6.07, 6.45) is -0.0108. The summed E-state index contributed by atoms with van der Waals surface area (Å²) in [6, 6.07) is 5.50. The van der Waals surface area contributed by atoms with Crippen molar-refractivity contribution < 1.29 is 29.0 Å². The number of aliphatic carboxylic acids is 1. The Labute approximate surface area is 154 Å². The number of carbonyl (C=O) groups excluding carboxylic acids is 3. The molecule has 0 unspecified atom stereocenters. The third kappa shape index (κ3) is 4.75. The number of benzene rings is 1. The predicted octanol–water partition coefficient (Wildman–Crippen LogP) is 1.04. The SMILES string of the molecule is CCOc1ccc(N2C(=O)C[C@@H](SC[C@@H](NC(C)=O)C(=O)O)C2=O)cc1. The van der Waals surface area contributed by atoms with Crippen LogP contribution in [0.25, 0.3) is 0 Å². The first-order chi connectivity index (χ1) is 12.3. The van der Waals surface area contributed by atoms with Gasteiger partial charge in [0.2, 0.25) is 17.7 Å². The highest BCUT2D eigenvalue weighted by atomic mass is 32.2. The van der Waals surface area contributed by atoms with Crippen LogP contribution in [0.4, 0.5) is 5.69 Å². The minimum atomic E-state index is -1.19. The Morgan fingerprint density at radius 2 is 2.00 bits per heavy atom. The topological polar surface area (TPSA) is 113 Å². The van der Waals surface area contributed by atoms with Crippen LogP contribution in [0, 0.1) is 0 Å². The molecule has 0 aromatic heterocycles. The lowest BCUT2D eigenvalue weighted by Gasteiger charge is -2.17. The summed E-state index contributed by atoms with van der Waals surface area (Å²) < 4.78 is 5.33. The summed E-state index contributed by atoms with van der Waals surface area (Å²) >= 11 is 1.05. The lowest BCUT2D eigenvalue weighted by Crippen LogP contribution is -2.42. The van der Waals surface area contributed by atoms with Gasteiger partial charge < -0.3 is 15.2 Å². The molecule has 1 fully saturated rings. The largest absolute Gasteiger partial charge is 0.494 e. The molecule has 3 amide bonds. The van der Waals surface area contributed by atoms with Crippen molar-refractivity contribution >= 4 is 41.1 Å². The molecule has 2 atom stereocenters. The number of thioether (sulfide) groups is 1. The summed E-state index contributed by atoms with van der Waals surface area (Å²) in [7, 11) is 0. The van der Waals surface area contributed by atoms with Crippen LogP contribution in [-0.4, -0.2) is 52.4 Å². The number of hydrogen-bond donors (Lipinski definition) is 2. The van der Waals surface area contributed by atoms with Gasteiger partial charge in [0.15, 0.2) is 0 Å². The molecule has 1 aromatic rings. The van der Waals surface area contributed by atoms with E-state index in [0.29, 0.717) is 18.0 Å². The second-order valence-corrected chi connectivity index (χ2v) is 6.85. The molecule has 2 rings (SSSR count). The highest BCUT2D eigenvalue weighted by molar-refractivity contribution is 8.00. The van der Waals surface area contributed by atoms with E-state index in [1.54, 1.807) is 24.3 Å². The fourth-order valence-electron chi connectivity index (χ4n) is 2.50. The number of rotatable bonds is 8. The van der Waals surface area contributed by atoms with E-state index in [4.69, 9.17) is 9.84 Å². The zero-order valence-electron chi connectivity index (χ0n) is 14.4. The number of carbonyl (C=O) groups is 4.